The number of aliphatic imine (C=N–C) groups is 2. The Bertz CT molecular complexity index is 227. The molecule has 0 amide bonds. The quantitative estimate of drug-likeness (QED) is 0.641. The van der Waals surface area contributed by atoms with E-state index in [4.69, 9.17) is 16.3 Å². The normalized spacial score (nSPS) is 16.5. The Morgan fingerprint density at radius 2 is 2.38 bits per heavy atom. The van der Waals surface area contributed by atoms with Crippen LogP contribution in [0.5, 0.6) is 0 Å². The summed E-state index contributed by atoms with van der Waals surface area (Å²) in [6.45, 7) is 2.26. The van der Waals surface area contributed by atoms with E-state index in [2.05, 4.69) is 9.98 Å². The van der Waals surface area contributed by atoms with Crippen molar-refractivity contribution >= 4 is 22.7 Å². The minimum Gasteiger partial charge on any atom is -0.383 e. The molecule has 0 saturated carbocycles. The van der Waals surface area contributed by atoms with Gasteiger partial charge in [0.1, 0.15) is 5.84 Å². The van der Waals surface area contributed by atoms with Gasteiger partial charge >= 0.3 is 0 Å². The average Bonchev–Trinajstić information content (AvgIpc) is 2.14. The molecule has 0 radical (unpaired) electrons. The predicted octanol–water partition coefficient (Wildman–Crippen LogP) is 0.962. The van der Waals surface area contributed by atoms with Gasteiger partial charge in [-0.25, -0.2) is 4.99 Å². The molecule has 0 saturated heterocycles. The van der Waals surface area contributed by atoms with Crippen molar-refractivity contribution in [2.24, 2.45) is 9.98 Å². The van der Waals surface area contributed by atoms with E-state index in [1.165, 1.54) is 0 Å². The number of ether oxygens (including phenoxy) is 1. The van der Waals surface area contributed by atoms with Crippen LogP contribution in [0.1, 0.15) is 6.42 Å². The number of hydrogen-bond acceptors (Lipinski definition) is 4. The third kappa shape index (κ3) is 3.32. The maximum Gasteiger partial charge on any atom is 0.219 e. The van der Waals surface area contributed by atoms with E-state index in [1.54, 1.807) is 7.11 Å². The number of amidine groups is 2. The Morgan fingerprint density at radius 3 is 3.00 bits per heavy atom. The van der Waals surface area contributed by atoms with Gasteiger partial charge in [0.2, 0.25) is 5.29 Å². The fourth-order valence-corrected chi connectivity index (χ4v) is 1.26. The van der Waals surface area contributed by atoms with Crippen LogP contribution < -0.4 is 0 Å². The van der Waals surface area contributed by atoms with Gasteiger partial charge < -0.3 is 9.64 Å². The Labute approximate surface area is 83.3 Å². The highest BCUT2D eigenvalue weighted by Gasteiger charge is 2.10. The van der Waals surface area contributed by atoms with Crippen LogP contribution in [0.25, 0.3) is 0 Å². The monoisotopic (exact) mass is 203 g/mol. The van der Waals surface area contributed by atoms with Gasteiger partial charge in [0.25, 0.3) is 0 Å². The largest absolute Gasteiger partial charge is 0.383 e. The molecular weight excluding hydrogens is 190 g/mol. The van der Waals surface area contributed by atoms with Gasteiger partial charge in [0, 0.05) is 33.7 Å². The van der Waals surface area contributed by atoms with Gasteiger partial charge in [0.05, 0.1) is 6.61 Å². The van der Waals surface area contributed by atoms with Crippen LogP contribution in [-0.2, 0) is 4.74 Å². The summed E-state index contributed by atoms with van der Waals surface area (Å²) in [5.74, 6) is 0.983. The third-order valence-electron chi connectivity index (χ3n) is 1.87. The summed E-state index contributed by atoms with van der Waals surface area (Å²) in [5, 5.41) is 0.352. The van der Waals surface area contributed by atoms with Gasteiger partial charge in [0.15, 0.2) is 0 Å². The van der Waals surface area contributed by atoms with E-state index in [-0.39, 0.29) is 0 Å². The summed E-state index contributed by atoms with van der Waals surface area (Å²) in [6.07, 6.45) is 0.858. The van der Waals surface area contributed by atoms with Crippen LogP contribution in [0.2, 0.25) is 0 Å². The van der Waals surface area contributed by atoms with E-state index in [1.807, 2.05) is 11.9 Å². The summed E-state index contributed by atoms with van der Waals surface area (Å²) in [4.78, 5) is 10.2. The smallest absolute Gasteiger partial charge is 0.219 e. The molecule has 13 heavy (non-hydrogen) atoms. The Kier molecular flexibility index (Phi) is 4.18. The van der Waals surface area contributed by atoms with Crippen molar-refractivity contribution in [1.29, 1.82) is 0 Å². The lowest BCUT2D eigenvalue weighted by molar-refractivity contribution is 0.182. The molecular formula is C8H14ClN3O. The van der Waals surface area contributed by atoms with Crippen molar-refractivity contribution in [2.75, 3.05) is 33.9 Å². The van der Waals surface area contributed by atoms with Gasteiger partial charge in [-0.2, -0.15) is 0 Å². The molecule has 0 N–H and O–H groups in total. The zero-order valence-electron chi connectivity index (χ0n) is 7.96. The minimum atomic E-state index is 0.352. The number of likely N-dealkylation sites (N-methyl/N-ethyl adjacent to an activating group) is 1. The molecule has 0 fully saturated rings. The lowest BCUT2D eigenvalue weighted by atomic mass is 10.3. The van der Waals surface area contributed by atoms with E-state index in [9.17, 15) is 0 Å². The van der Waals surface area contributed by atoms with Crippen LogP contribution in [0.4, 0.5) is 0 Å². The third-order valence-corrected chi connectivity index (χ3v) is 2.07. The van der Waals surface area contributed by atoms with Gasteiger partial charge in [-0.3, -0.25) is 4.99 Å². The van der Waals surface area contributed by atoms with Crippen LogP contribution in [0.3, 0.4) is 0 Å². The van der Waals surface area contributed by atoms with Gasteiger partial charge in [-0.1, -0.05) is 0 Å². The summed E-state index contributed by atoms with van der Waals surface area (Å²) < 4.78 is 4.97. The van der Waals surface area contributed by atoms with Crippen LogP contribution >= 0.6 is 11.6 Å². The van der Waals surface area contributed by atoms with Crippen molar-refractivity contribution in [1.82, 2.24) is 4.90 Å². The molecule has 1 aliphatic rings. The molecule has 0 bridgehead atoms. The first-order valence-electron chi connectivity index (χ1n) is 4.21. The standard InChI is InChI=1S/C8H14ClN3O/c1-12(5-6-13-2)7-3-4-10-8(9)11-7/h3-6H2,1-2H3. The Morgan fingerprint density at radius 1 is 1.62 bits per heavy atom. The molecule has 1 aliphatic heterocycles. The topological polar surface area (TPSA) is 37.2 Å². The predicted molar refractivity (Wildman–Crippen MR) is 54.7 cm³/mol. The first kappa shape index (κ1) is 10.5. The number of rotatable bonds is 3. The Balaban J connectivity index is 2.46. The van der Waals surface area contributed by atoms with Crippen molar-refractivity contribution in [3.05, 3.63) is 0 Å². The molecule has 4 nitrogen and oxygen atoms in total. The molecule has 0 aromatic rings. The minimum absolute atomic E-state index is 0.352. The van der Waals surface area contributed by atoms with Crippen molar-refractivity contribution in [3.8, 4) is 0 Å². The molecule has 0 spiro atoms. The zero-order valence-corrected chi connectivity index (χ0v) is 8.71. The Hall–Kier alpha value is -0.610. The number of hydrogen-bond donors (Lipinski definition) is 0. The zero-order chi connectivity index (χ0) is 9.68. The van der Waals surface area contributed by atoms with E-state index in [0.717, 1.165) is 25.3 Å². The molecule has 0 aromatic heterocycles. The van der Waals surface area contributed by atoms with Crippen LogP contribution in [0, 0.1) is 0 Å². The lowest BCUT2D eigenvalue weighted by Crippen LogP contribution is -2.32. The van der Waals surface area contributed by atoms with Gasteiger partial charge in [-0.05, 0) is 11.6 Å². The first-order valence-corrected chi connectivity index (χ1v) is 4.59. The summed E-state index contributed by atoms with van der Waals surface area (Å²) >= 11 is 5.69. The van der Waals surface area contributed by atoms with Crippen molar-refractivity contribution < 1.29 is 4.74 Å². The second kappa shape index (κ2) is 5.19. The fourth-order valence-electron chi connectivity index (χ4n) is 1.08. The van der Waals surface area contributed by atoms with Crippen LogP contribution in [0.15, 0.2) is 9.98 Å². The SMILES string of the molecule is COCCN(C)C1=NC(Cl)=NCC1. The summed E-state index contributed by atoms with van der Waals surface area (Å²) in [6, 6.07) is 0. The molecule has 1 heterocycles. The maximum absolute atomic E-state index is 5.69. The summed E-state index contributed by atoms with van der Waals surface area (Å²) in [7, 11) is 3.66. The number of halogens is 1. The van der Waals surface area contributed by atoms with Crippen LogP contribution in [-0.4, -0.2) is 49.9 Å². The fraction of sp³-hybridized carbons (Fsp3) is 0.750. The number of nitrogens with zero attached hydrogens (tertiary/aromatic N) is 3. The molecule has 0 atom stereocenters. The van der Waals surface area contributed by atoms with Crippen molar-refractivity contribution in [3.63, 3.8) is 0 Å². The van der Waals surface area contributed by atoms with Crippen molar-refractivity contribution in [2.45, 2.75) is 6.42 Å². The second-order valence-corrected chi connectivity index (χ2v) is 3.18. The van der Waals surface area contributed by atoms with E-state index in [0.29, 0.717) is 11.9 Å². The first-order chi connectivity index (χ1) is 6.24. The molecule has 0 unspecified atom stereocenters. The maximum atomic E-state index is 5.69. The molecule has 5 heteroatoms. The molecule has 0 aromatic carbocycles. The lowest BCUT2D eigenvalue weighted by Gasteiger charge is -2.21. The molecule has 0 aliphatic carbocycles. The second-order valence-electron chi connectivity index (χ2n) is 2.84. The van der Waals surface area contributed by atoms with E-state index < -0.39 is 0 Å². The van der Waals surface area contributed by atoms with Gasteiger partial charge in [-0.15, -0.1) is 0 Å². The molecule has 74 valence electrons. The highest BCUT2D eigenvalue weighted by atomic mass is 35.5. The highest BCUT2D eigenvalue weighted by molar-refractivity contribution is 6.65. The number of methoxy groups -OCH3 is 1. The van der Waals surface area contributed by atoms with E-state index >= 15 is 0 Å². The average molecular weight is 204 g/mol. The molecule has 1 rings (SSSR count). The highest BCUT2D eigenvalue weighted by Crippen LogP contribution is 2.04. The summed E-state index contributed by atoms with van der Waals surface area (Å²) in [5.41, 5.74) is 0.